The highest BCUT2D eigenvalue weighted by molar-refractivity contribution is 6.30. The number of anilines is 1. The summed E-state index contributed by atoms with van der Waals surface area (Å²) in [5.41, 5.74) is 2.40. The maximum Gasteiger partial charge on any atom is 0.256 e. The van der Waals surface area contributed by atoms with Gasteiger partial charge < -0.3 is 20.0 Å². The highest BCUT2D eigenvalue weighted by atomic mass is 35.5. The molecular formula is C25H31ClN4O2. The van der Waals surface area contributed by atoms with Crippen molar-refractivity contribution in [2.45, 2.75) is 25.8 Å². The van der Waals surface area contributed by atoms with Crippen LogP contribution in [-0.2, 0) is 0 Å². The summed E-state index contributed by atoms with van der Waals surface area (Å²) in [7, 11) is 0. The van der Waals surface area contributed by atoms with Crippen LogP contribution in [0.4, 0.5) is 5.69 Å². The van der Waals surface area contributed by atoms with Gasteiger partial charge in [-0.15, -0.1) is 0 Å². The molecule has 0 aromatic heterocycles. The fourth-order valence-electron chi connectivity index (χ4n) is 4.50. The van der Waals surface area contributed by atoms with Gasteiger partial charge >= 0.3 is 0 Å². The lowest BCUT2D eigenvalue weighted by Crippen LogP contribution is -2.49. The Labute approximate surface area is 195 Å². The van der Waals surface area contributed by atoms with Crippen LogP contribution in [0.3, 0.4) is 0 Å². The van der Waals surface area contributed by atoms with Crippen LogP contribution in [0, 0.1) is 0 Å². The second-order valence-corrected chi connectivity index (χ2v) is 8.92. The van der Waals surface area contributed by atoms with Crippen molar-refractivity contribution in [2.24, 2.45) is 0 Å². The number of hydrogen-bond acceptors (Lipinski definition) is 4. The highest BCUT2D eigenvalue weighted by Gasteiger charge is 2.27. The number of para-hydroxylation sites is 1. The van der Waals surface area contributed by atoms with Gasteiger partial charge in [-0.3, -0.25) is 9.59 Å². The van der Waals surface area contributed by atoms with E-state index < -0.39 is 0 Å². The number of carbonyl (C=O) groups excluding carboxylic acids is 2. The molecule has 2 fully saturated rings. The van der Waals surface area contributed by atoms with Crippen LogP contribution in [0.5, 0.6) is 0 Å². The lowest BCUT2D eigenvalue weighted by molar-refractivity contribution is 0.0644. The number of piperidine rings is 1. The van der Waals surface area contributed by atoms with Crippen LogP contribution in [-0.4, -0.2) is 73.5 Å². The van der Waals surface area contributed by atoms with Gasteiger partial charge in [0.25, 0.3) is 11.8 Å². The minimum Gasteiger partial charge on any atom is -0.371 e. The van der Waals surface area contributed by atoms with E-state index >= 15 is 0 Å². The Hall–Kier alpha value is -2.57. The van der Waals surface area contributed by atoms with Gasteiger partial charge in [-0.25, -0.2) is 0 Å². The molecule has 7 heteroatoms. The molecule has 4 rings (SSSR count). The Balaban J connectivity index is 1.36. The van der Waals surface area contributed by atoms with Gasteiger partial charge in [0.1, 0.15) is 0 Å². The van der Waals surface area contributed by atoms with E-state index in [1.165, 1.54) is 0 Å². The first-order valence-electron chi connectivity index (χ1n) is 11.5. The first-order chi connectivity index (χ1) is 15.5. The van der Waals surface area contributed by atoms with Gasteiger partial charge in [0.2, 0.25) is 0 Å². The number of amides is 2. The molecule has 0 unspecified atom stereocenters. The zero-order chi connectivity index (χ0) is 22.5. The lowest BCUT2D eigenvalue weighted by Gasteiger charge is -2.37. The Bertz CT molecular complexity index is 933. The minimum absolute atomic E-state index is 0.0677. The fraction of sp³-hybridized carbons (Fsp3) is 0.440. The number of hydrogen-bond donors (Lipinski definition) is 1. The molecule has 2 aliphatic heterocycles. The van der Waals surface area contributed by atoms with Crippen molar-refractivity contribution in [3.05, 3.63) is 64.7 Å². The summed E-state index contributed by atoms with van der Waals surface area (Å²) in [4.78, 5) is 32.4. The van der Waals surface area contributed by atoms with Crippen molar-refractivity contribution in [1.29, 1.82) is 0 Å². The van der Waals surface area contributed by atoms with Gasteiger partial charge in [-0.2, -0.15) is 0 Å². The third-order valence-corrected chi connectivity index (χ3v) is 6.77. The summed E-state index contributed by atoms with van der Waals surface area (Å²) >= 11 is 5.91. The van der Waals surface area contributed by atoms with E-state index in [1.54, 1.807) is 24.3 Å². The van der Waals surface area contributed by atoms with Crippen LogP contribution in [0.1, 0.15) is 40.5 Å². The minimum atomic E-state index is -0.0677. The molecule has 0 saturated carbocycles. The molecule has 0 atom stereocenters. The summed E-state index contributed by atoms with van der Waals surface area (Å²) < 4.78 is 0. The van der Waals surface area contributed by atoms with Crippen molar-refractivity contribution in [1.82, 2.24) is 15.1 Å². The van der Waals surface area contributed by atoms with Gasteiger partial charge in [-0.05, 0) is 55.8 Å². The molecule has 1 N–H and O–H groups in total. The van der Waals surface area contributed by atoms with E-state index in [9.17, 15) is 9.59 Å². The molecule has 2 aliphatic rings. The van der Waals surface area contributed by atoms with E-state index in [0.717, 1.165) is 69.9 Å². The van der Waals surface area contributed by atoms with E-state index in [2.05, 4.69) is 22.0 Å². The summed E-state index contributed by atoms with van der Waals surface area (Å²) in [6, 6.07) is 15.0. The zero-order valence-corrected chi connectivity index (χ0v) is 19.4. The largest absolute Gasteiger partial charge is 0.371 e. The van der Waals surface area contributed by atoms with Gasteiger partial charge in [-0.1, -0.05) is 30.7 Å². The molecule has 2 amide bonds. The second-order valence-electron chi connectivity index (χ2n) is 8.49. The molecule has 6 nitrogen and oxygen atoms in total. The van der Waals surface area contributed by atoms with E-state index in [4.69, 9.17) is 11.6 Å². The van der Waals surface area contributed by atoms with Crippen LogP contribution in [0.2, 0.25) is 5.02 Å². The average molecular weight is 455 g/mol. The molecular weight excluding hydrogens is 424 g/mol. The number of piperazine rings is 1. The Morgan fingerprint density at radius 2 is 1.59 bits per heavy atom. The summed E-state index contributed by atoms with van der Waals surface area (Å²) in [5.74, 6) is 0.0523. The Kier molecular flexibility index (Phi) is 7.33. The fourth-order valence-corrected chi connectivity index (χ4v) is 4.63. The maximum atomic E-state index is 13.3. The molecule has 170 valence electrons. The van der Waals surface area contributed by atoms with Crippen LogP contribution in [0.15, 0.2) is 48.5 Å². The molecule has 2 saturated heterocycles. The molecule has 2 heterocycles. The molecule has 2 aromatic carbocycles. The SMILES string of the molecule is CCN1CCN(C(=O)c2ccccc2N2CCC(NC(=O)c3ccc(Cl)cc3)CC2)CC1. The quantitative estimate of drug-likeness (QED) is 0.751. The molecule has 0 radical (unpaired) electrons. The van der Waals surface area contributed by atoms with Crippen molar-refractivity contribution in [3.63, 3.8) is 0 Å². The zero-order valence-electron chi connectivity index (χ0n) is 18.6. The smallest absolute Gasteiger partial charge is 0.256 e. The van der Waals surface area contributed by atoms with E-state index in [1.807, 2.05) is 29.2 Å². The van der Waals surface area contributed by atoms with Gasteiger partial charge in [0, 0.05) is 61.6 Å². The van der Waals surface area contributed by atoms with Crippen LogP contribution < -0.4 is 10.2 Å². The highest BCUT2D eigenvalue weighted by Crippen LogP contribution is 2.26. The normalized spacial score (nSPS) is 17.9. The van der Waals surface area contributed by atoms with Crippen molar-refractivity contribution >= 4 is 29.1 Å². The molecule has 0 spiro atoms. The number of carbonyl (C=O) groups is 2. The number of nitrogens with zero attached hydrogens (tertiary/aromatic N) is 3. The topological polar surface area (TPSA) is 55.9 Å². The third kappa shape index (κ3) is 5.25. The van der Waals surface area contributed by atoms with E-state index in [-0.39, 0.29) is 17.9 Å². The van der Waals surface area contributed by atoms with E-state index in [0.29, 0.717) is 10.6 Å². The Morgan fingerprint density at radius 1 is 0.938 bits per heavy atom. The monoisotopic (exact) mass is 454 g/mol. The summed E-state index contributed by atoms with van der Waals surface area (Å²) in [6.45, 7) is 8.22. The van der Waals surface area contributed by atoms with Gasteiger partial charge in [0.15, 0.2) is 0 Å². The lowest BCUT2D eigenvalue weighted by atomic mass is 10.0. The molecule has 0 bridgehead atoms. The van der Waals surface area contributed by atoms with Crippen molar-refractivity contribution in [2.75, 3.05) is 50.7 Å². The summed E-state index contributed by atoms with van der Waals surface area (Å²) in [5, 5.41) is 3.76. The average Bonchev–Trinajstić information content (AvgIpc) is 2.84. The number of nitrogens with one attached hydrogen (secondary N) is 1. The third-order valence-electron chi connectivity index (χ3n) is 6.52. The molecule has 0 aliphatic carbocycles. The molecule has 32 heavy (non-hydrogen) atoms. The van der Waals surface area contributed by atoms with Gasteiger partial charge in [0.05, 0.1) is 5.56 Å². The number of halogens is 1. The number of rotatable bonds is 5. The number of benzene rings is 2. The first-order valence-corrected chi connectivity index (χ1v) is 11.8. The summed E-state index contributed by atoms with van der Waals surface area (Å²) in [6.07, 6.45) is 1.69. The predicted octanol–water partition coefficient (Wildman–Crippen LogP) is 3.52. The second kappa shape index (κ2) is 10.4. The Morgan fingerprint density at radius 3 is 2.25 bits per heavy atom. The molecule has 2 aromatic rings. The van der Waals surface area contributed by atoms with Crippen molar-refractivity contribution < 1.29 is 9.59 Å². The maximum absolute atomic E-state index is 13.3. The predicted molar refractivity (Wildman–Crippen MR) is 129 cm³/mol. The first kappa shape index (κ1) is 22.6. The number of likely N-dealkylation sites (N-methyl/N-ethyl adjacent to an activating group) is 1. The standard InChI is InChI=1S/C25H31ClN4O2/c1-2-28-15-17-30(18-16-28)25(32)22-5-3-4-6-23(22)29-13-11-21(12-14-29)27-24(31)19-7-9-20(26)10-8-19/h3-10,21H,2,11-18H2,1H3,(H,27,31). The van der Waals surface area contributed by atoms with Crippen LogP contribution >= 0.6 is 11.6 Å². The van der Waals surface area contributed by atoms with Crippen LogP contribution in [0.25, 0.3) is 0 Å². The van der Waals surface area contributed by atoms with Crippen molar-refractivity contribution in [3.8, 4) is 0 Å².